The van der Waals surface area contributed by atoms with Gasteiger partial charge >= 0.3 is 0 Å². The Kier molecular flexibility index (Phi) is 2.47. The molecule has 1 aliphatic carbocycles. The van der Waals surface area contributed by atoms with Crippen LogP contribution in [0.2, 0.25) is 0 Å². The number of ether oxygens (including phenoxy) is 2. The molecule has 96 valence electrons. The lowest BCUT2D eigenvalue weighted by molar-refractivity contribution is 0.235. The normalized spacial score (nSPS) is 51.3. The summed E-state index contributed by atoms with van der Waals surface area (Å²) >= 11 is 0. The van der Waals surface area contributed by atoms with Gasteiger partial charge in [-0.05, 0) is 38.5 Å². The van der Waals surface area contributed by atoms with Crippen molar-refractivity contribution in [3.05, 3.63) is 11.6 Å². The second-order valence-corrected chi connectivity index (χ2v) is 7.00. The van der Waals surface area contributed by atoms with E-state index in [9.17, 15) is 0 Å². The molecule has 3 aliphatic rings. The maximum atomic E-state index is 5.89. The van der Waals surface area contributed by atoms with Crippen LogP contribution in [0.3, 0.4) is 0 Å². The second-order valence-electron chi connectivity index (χ2n) is 7.00. The predicted octanol–water partition coefficient (Wildman–Crippen LogP) is 3.46. The van der Waals surface area contributed by atoms with Crippen LogP contribution in [0.25, 0.3) is 0 Å². The van der Waals surface area contributed by atoms with Crippen LogP contribution in [0.4, 0.5) is 0 Å². The lowest BCUT2D eigenvalue weighted by Crippen LogP contribution is -2.22. The molecule has 0 aromatic heterocycles. The van der Waals surface area contributed by atoms with Crippen molar-refractivity contribution >= 4 is 0 Å². The van der Waals surface area contributed by atoms with Gasteiger partial charge < -0.3 is 9.47 Å². The summed E-state index contributed by atoms with van der Waals surface area (Å²) < 4.78 is 11.8. The Morgan fingerprint density at radius 2 is 2.06 bits per heavy atom. The predicted molar refractivity (Wildman–Crippen MR) is 67.9 cm³/mol. The van der Waals surface area contributed by atoms with Gasteiger partial charge in [0.2, 0.25) is 0 Å². The molecule has 2 saturated heterocycles. The summed E-state index contributed by atoms with van der Waals surface area (Å²) in [6, 6.07) is 0. The third kappa shape index (κ3) is 2.17. The Morgan fingerprint density at radius 3 is 2.82 bits per heavy atom. The highest BCUT2D eigenvalue weighted by atomic mass is 16.6. The molecule has 0 aromatic carbocycles. The fourth-order valence-corrected chi connectivity index (χ4v) is 3.23. The third-order valence-electron chi connectivity index (χ3n) is 4.77. The first-order valence-electron chi connectivity index (χ1n) is 6.90. The Hall–Kier alpha value is -0.340. The zero-order valence-electron chi connectivity index (χ0n) is 11.5. The van der Waals surface area contributed by atoms with E-state index in [2.05, 4.69) is 33.8 Å². The summed E-state index contributed by atoms with van der Waals surface area (Å²) in [7, 11) is 0. The number of fused-ring (bicyclic) bond motifs is 2. The maximum Gasteiger partial charge on any atom is 0.0946 e. The Labute approximate surface area is 104 Å². The summed E-state index contributed by atoms with van der Waals surface area (Å²) in [5.74, 6) is 0. The van der Waals surface area contributed by atoms with E-state index >= 15 is 0 Å². The number of rotatable bonds is 0. The van der Waals surface area contributed by atoms with Crippen molar-refractivity contribution in [1.82, 2.24) is 0 Å². The number of epoxide rings is 2. The highest BCUT2D eigenvalue weighted by Crippen LogP contribution is 2.51. The molecule has 0 spiro atoms. The van der Waals surface area contributed by atoms with Crippen molar-refractivity contribution in [2.45, 2.75) is 77.3 Å². The molecule has 2 fully saturated rings. The molecule has 2 heterocycles. The topological polar surface area (TPSA) is 25.1 Å². The molecule has 0 bridgehead atoms. The lowest BCUT2D eigenvalue weighted by Gasteiger charge is -2.21. The van der Waals surface area contributed by atoms with E-state index in [1.165, 1.54) is 18.4 Å². The molecule has 0 saturated carbocycles. The average Bonchev–Trinajstić information content (AvgIpc) is 3.11. The summed E-state index contributed by atoms with van der Waals surface area (Å²) in [4.78, 5) is 0. The molecule has 0 radical (unpaired) electrons. The summed E-state index contributed by atoms with van der Waals surface area (Å²) in [5.41, 5.74) is 1.90. The van der Waals surface area contributed by atoms with Crippen LogP contribution in [0.15, 0.2) is 11.6 Å². The summed E-state index contributed by atoms with van der Waals surface area (Å²) in [6.45, 7) is 9.15. The van der Waals surface area contributed by atoms with Crippen LogP contribution in [0.5, 0.6) is 0 Å². The molecule has 2 nitrogen and oxygen atoms in total. The highest BCUT2D eigenvalue weighted by Gasteiger charge is 2.59. The van der Waals surface area contributed by atoms with E-state index in [0.29, 0.717) is 18.3 Å². The van der Waals surface area contributed by atoms with E-state index < -0.39 is 0 Å². The van der Waals surface area contributed by atoms with Gasteiger partial charge in [-0.3, -0.25) is 0 Å². The molecule has 4 unspecified atom stereocenters. The Balaban J connectivity index is 1.77. The Bertz CT molecular complexity index is 358. The lowest BCUT2D eigenvalue weighted by atomic mass is 9.82. The summed E-state index contributed by atoms with van der Waals surface area (Å²) in [5, 5.41) is 0. The minimum absolute atomic E-state index is 0.111. The van der Waals surface area contributed by atoms with Crippen LogP contribution in [-0.2, 0) is 9.47 Å². The SMILES string of the molecule is C/C1=C\CC(C)(C)C2OC2CC2(C)OC2CC1. The fraction of sp³-hybridized carbons (Fsp3) is 0.867. The largest absolute Gasteiger partial charge is 0.369 e. The van der Waals surface area contributed by atoms with Gasteiger partial charge in [0.05, 0.1) is 23.9 Å². The molecule has 2 heteroatoms. The van der Waals surface area contributed by atoms with Crippen molar-refractivity contribution in [3.63, 3.8) is 0 Å². The molecule has 0 aromatic rings. The van der Waals surface area contributed by atoms with E-state index in [1.54, 1.807) is 0 Å². The van der Waals surface area contributed by atoms with E-state index in [4.69, 9.17) is 9.47 Å². The van der Waals surface area contributed by atoms with Gasteiger partial charge in [0.1, 0.15) is 0 Å². The number of hydrogen-bond donors (Lipinski definition) is 0. The third-order valence-corrected chi connectivity index (χ3v) is 4.77. The fourth-order valence-electron chi connectivity index (χ4n) is 3.23. The van der Waals surface area contributed by atoms with Gasteiger partial charge in [0.15, 0.2) is 0 Å². The minimum atomic E-state index is 0.111. The first-order valence-corrected chi connectivity index (χ1v) is 6.90. The maximum absolute atomic E-state index is 5.89. The van der Waals surface area contributed by atoms with Gasteiger partial charge in [0.25, 0.3) is 0 Å². The smallest absolute Gasteiger partial charge is 0.0946 e. The van der Waals surface area contributed by atoms with Crippen molar-refractivity contribution in [2.24, 2.45) is 5.41 Å². The highest BCUT2D eigenvalue weighted by molar-refractivity contribution is 5.12. The molecule has 3 rings (SSSR count). The van der Waals surface area contributed by atoms with Crippen LogP contribution < -0.4 is 0 Å². The molecular weight excluding hydrogens is 212 g/mol. The van der Waals surface area contributed by atoms with Crippen LogP contribution in [0.1, 0.15) is 53.4 Å². The van der Waals surface area contributed by atoms with E-state index in [-0.39, 0.29) is 11.0 Å². The molecule has 0 amide bonds. The monoisotopic (exact) mass is 236 g/mol. The van der Waals surface area contributed by atoms with Gasteiger partial charge in [-0.1, -0.05) is 25.5 Å². The molecule has 17 heavy (non-hydrogen) atoms. The van der Waals surface area contributed by atoms with Crippen molar-refractivity contribution in [1.29, 1.82) is 0 Å². The second kappa shape index (κ2) is 3.58. The van der Waals surface area contributed by atoms with E-state index in [1.807, 2.05) is 0 Å². The molecule has 2 aliphatic heterocycles. The first kappa shape index (κ1) is 11.7. The van der Waals surface area contributed by atoms with Gasteiger partial charge in [-0.2, -0.15) is 0 Å². The van der Waals surface area contributed by atoms with Crippen LogP contribution >= 0.6 is 0 Å². The minimum Gasteiger partial charge on any atom is -0.369 e. The number of hydrogen-bond acceptors (Lipinski definition) is 2. The first-order chi connectivity index (χ1) is 7.91. The molecular formula is C15H24O2. The zero-order valence-corrected chi connectivity index (χ0v) is 11.5. The van der Waals surface area contributed by atoms with Crippen molar-refractivity contribution in [2.75, 3.05) is 0 Å². The van der Waals surface area contributed by atoms with Crippen molar-refractivity contribution in [3.8, 4) is 0 Å². The van der Waals surface area contributed by atoms with Gasteiger partial charge in [0, 0.05) is 6.42 Å². The van der Waals surface area contributed by atoms with Gasteiger partial charge in [-0.15, -0.1) is 0 Å². The quantitative estimate of drug-likeness (QED) is 0.475. The Morgan fingerprint density at radius 1 is 1.29 bits per heavy atom. The zero-order chi connectivity index (χ0) is 12.3. The molecule has 0 N–H and O–H groups in total. The average molecular weight is 236 g/mol. The van der Waals surface area contributed by atoms with E-state index in [0.717, 1.165) is 12.8 Å². The summed E-state index contributed by atoms with van der Waals surface area (Å²) in [6.07, 6.45) is 8.34. The number of allylic oxidation sites excluding steroid dienone is 2. The van der Waals surface area contributed by atoms with Gasteiger partial charge in [-0.25, -0.2) is 0 Å². The van der Waals surface area contributed by atoms with Crippen LogP contribution in [0, 0.1) is 5.41 Å². The molecule has 4 atom stereocenters. The van der Waals surface area contributed by atoms with Crippen molar-refractivity contribution < 1.29 is 9.47 Å². The van der Waals surface area contributed by atoms with Crippen LogP contribution in [-0.4, -0.2) is 23.9 Å². The standard InChI is InChI=1S/C15H24O2/c1-10-5-6-12-15(4,17-12)9-11-13(16-11)14(2,3)8-7-10/h7,11-13H,5-6,8-9H2,1-4H3/b10-7+.